The number of nitrogens with zero attached hydrogens (tertiary/aromatic N) is 1. The fourth-order valence-corrected chi connectivity index (χ4v) is 1.68. The van der Waals surface area contributed by atoms with E-state index in [0.29, 0.717) is 0 Å². The smallest absolute Gasteiger partial charge is 0.413 e. The number of carbonyl (C=O) groups is 2. The molecule has 5 heteroatoms. The molecule has 2 atom stereocenters. The van der Waals surface area contributed by atoms with E-state index in [9.17, 15) is 9.59 Å². The van der Waals surface area contributed by atoms with Crippen LogP contribution in [-0.4, -0.2) is 35.3 Å². The van der Waals surface area contributed by atoms with E-state index in [1.165, 1.54) is 4.90 Å². The van der Waals surface area contributed by atoms with Crippen LogP contribution in [0.15, 0.2) is 0 Å². The number of cyclic esters (lactones) is 1. The van der Waals surface area contributed by atoms with Crippen molar-refractivity contribution in [1.82, 2.24) is 4.90 Å². The molecule has 1 aliphatic rings. The van der Waals surface area contributed by atoms with Gasteiger partial charge in [0.1, 0.15) is 11.6 Å². The van der Waals surface area contributed by atoms with Crippen LogP contribution in [0.2, 0.25) is 0 Å². The van der Waals surface area contributed by atoms with E-state index in [0.717, 1.165) is 6.42 Å². The number of ether oxygens (including phenoxy) is 2. The zero-order valence-electron chi connectivity index (χ0n) is 11.1. The summed E-state index contributed by atoms with van der Waals surface area (Å²) in [4.78, 5) is 24.9. The molecule has 1 saturated heterocycles. The lowest BCUT2D eigenvalue weighted by atomic mass is 9.99. The van der Waals surface area contributed by atoms with Crippen LogP contribution in [0, 0.1) is 5.92 Å². The first-order chi connectivity index (χ1) is 7.76. The van der Waals surface area contributed by atoms with Gasteiger partial charge in [-0.3, -0.25) is 4.90 Å². The molecule has 1 rings (SSSR count). The SMILES string of the molecule is CC[C@H](C)[C@H]1C(=O)OCN1C(=O)OC(C)(C)C. The van der Waals surface area contributed by atoms with Gasteiger partial charge in [0.2, 0.25) is 0 Å². The van der Waals surface area contributed by atoms with Crippen molar-refractivity contribution in [2.45, 2.75) is 52.7 Å². The molecular weight excluding hydrogens is 222 g/mol. The van der Waals surface area contributed by atoms with Gasteiger partial charge in [-0.15, -0.1) is 0 Å². The molecule has 98 valence electrons. The van der Waals surface area contributed by atoms with Gasteiger partial charge in [-0.25, -0.2) is 9.59 Å². The van der Waals surface area contributed by atoms with Crippen molar-refractivity contribution in [2.24, 2.45) is 5.92 Å². The minimum Gasteiger partial charge on any atom is -0.444 e. The van der Waals surface area contributed by atoms with Gasteiger partial charge in [-0.2, -0.15) is 0 Å². The Balaban J connectivity index is 2.76. The zero-order valence-corrected chi connectivity index (χ0v) is 11.1. The second kappa shape index (κ2) is 4.94. The highest BCUT2D eigenvalue weighted by atomic mass is 16.6. The van der Waals surface area contributed by atoms with E-state index in [1.54, 1.807) is 20.8 Å². The molecule has 0 aliphatic carbocycles. The number of hydrogen-bond acceptors (Lipinski definition) is 4. The first-order valence-electron chi connectivity index (χ1n) is 5.92. The predicted octanol–water partition coefficient (Wildman–Crippen LogP) is 2.15. The van der Waals surface area contributed by atoms with Crippen molar-refractivity contribution in [3.63, 3.8) is 0 Å². The molecule has 1 fully saturated rings. The zero-order chi connectivity index (χ0) is 13.2. The maximum Gasteiger partial charge on any atom is 0.413 e. The van der Waals surface area contributed by atoms with Crippen molar-refractivity contribution < 1.29 is 19.1 Å². The number of hydrogen-bond donors (Lipinski definition) is 0. The molecule has 0 radical (unpaired) electrons. The molecule has 0 aromatic carbocycles. The number of amides is 1. The molecule has 1 heterocycles. The lowest BCUT2D eigenvalue weighted by molar-refractivity contribution is -0.140. The van der Waals surface area contributed by atoms with Crippen molar-refractivity contribution in [3.8, 4) is 0 Å². The van der Waals surface area contributed by atoms with Crippen LogP contribution in [-0.2, 0) is 14.3 Å². The van der Waals surface area contributed by atoms with E-state index < -0.39 is 17.7 Å². The molecule has 0 spiro atoms. The number of esters is 1. The Morgan fingerprint density at radius 2 is 2.18 bits per heavy atom. The van der Waals surface area contributed by atoms with Crippen LogP contribution in [0.3, 0.4) is 0 Å². The normalized spacial score (nSPS) is 22.3. The largest absolute Gasteiger partial charge is 0.444 e. The Kier molecular flexibility index (Phi) is 4.01. The van der Waals surface area contributed by atoms with Crippen molar-refractivity contribution in [3.05, 3.63) is 0 Å². The maximum absolute atomic E-state index is 11.9. The Labute approximate surface area is 102 Å². The summed E-state index contributed by atoms with van der Waals surface area (Å²) in [6.45, 7) is 9.27. The predicted molar refractivity (Wildman–Crippen MR) is 62.3 cm³/mol. The molecule has 0 aromatic rings. The van der Waals surface area contributed by atoms with Gasteiger partial charge in [0.25, 0.3) is 0 Å². The summed E-state index contributed by atoms with van der Waals surface area (Å²) in [5, 5.41) is 0. The number of carbonyl (C=O) groups excluding carboxylic acids is 2. The fourth-order valence-electron chi connectivity index (χ4n) is 1.68. The minimum atomic E-state index is -0.567. The van der Waals surface area contributed by atoms with E-state index in [1.807, 2.05) is 13.8 Å². The molecule has 0 saturated carbocycles. The Bertz CT molecular complexity index is 308. The topological polar surface area (TPSA) is 55.8 Å². The molecule has 1 amide bonds. The van der Waals surface area contributed by atoms with Crippen LogP contribution in [0.4, 0.5) is 4.79 Å². The Hall–Kier alpha value is -1.26. The second-order valence-corrected chi connectivity index (χ2v) is 5.37. The number of rotatable bonds is 2. The third-order valence-electron chi connectivity index (χ3n) is 2.73. The van der Waals surface area contributed by atoms with Crippen LogP contribution in [0.25, 0.3) is 0 Å². The summed E-state index contributed by atoms with van der Waals surface area (Å²) in [6.07, 6.45) is 0.313. The summed E-state index contributed by atoms with van der Waals surface area (Å²) in [6, 6.07) is -0.519. The highest BCUT2D eigenvalue weighted by Crippen LogP contribution is 2.23. The van der Waals surface area contributed by atoms with Gasteiger partial charge in [0.15, 0.2) is 6.73 Å². The van der Waals surface area contributed by atoms with E-state index in [-0.39, 0.29) is 18.6 Å². The van der Waals surface area contributed by atoms with Gasteiger partial charge in [-0.05, 0) is 26.7 Å². The van der Waals surface area contributed by atoms with Crippen LogP contribution < -0.4 is 0 Å². The molecule has 1 aliphatic heterocycles. The summed E-state index contributed by atoms with van der Waals surface area (Å²) in [5.74, 6) is -0.275. The Morgan fingerprint density at radius 1 is 1.59 bits per heavy atom. The van der Waals surface area contributed by atoms with E-state index in [2.05, 4.69) is 0 Å². The molecule has 0 N–H and O–H groups in total. The second-order valence-electron chi connectivity index (χ2n) is 5.37. The molecule has 0 aromatic heterocycles. The van der Waals surface area contributed by atoms with Crippen LogP contribution in [0.1, 0.15) is 41.0 Å². The van der Waals surface area contributed by atoms with Gasteiger partial charge < -0.3 is 9.47 Å². The average Bonchev–Trinajstić information content (AvgIpc) is 2.56. The van der Waals surface area contributed by atoms with Crippen molar-refractivity contribution in [1.29, 1.82) is 0 Å². The lowest BCUT2D eigenvalue weighted by Gasteiger charge is -2.27. The lowest BCUT2D eigenvalue weighted by Crippen LogP contribution is -2.44. The minimum absolute atomic E-state index is 0.0112. The van der Waals surface area contributed by atoms with E-state index in [4.69, 9.17) is 9.47 Å². The molecule has 0 unspecified atom stereocenters. The van der Waals surface area contributed by atoms with Gasteiger partial charge in [0.05, 0.1) is 0 Å². The molecule has 17 heavy (non-hydrogen) atoms. The van der Waals surface area contributed by atoms with Gasteiger partial charge in [-0.1, -0.05) is 20.3 Å². The van der Waals surface area contributed by atoms with Crippen molar-refractivity contribution >= 4 is 12.1 Å². The van der Waals surface area contributed by atoms with Crippen molar-refractivity contribution in [2.75, 3.05) is 6.73 Å². The fraction of sp³-hybridized carbons (Fsp3) is 0.833. The maximum atomic E-state index is 11.9. The summed E-state index contributed by atoms with van der Waals surface area (Å²) in [5.41, 5.74) is -0.567. The Morgan fingerprint density at radius 3 is 2.65 bits per heavy atom. The van der Waals surface area contributed by atoms with Gasteiger partial charge >= 0.3 is 12.1 Å². The quantitative estimate of drug-likeness (QED) is 0.697. The average molecular weight is 243 g/mol. The summed E-state index contributed by atoms with van der Waals surface area (Å²) in [7, 11) is 0. The monoisotopic (exact) mass is 243 g/mol. The van der Waals surface area contributed by atoms with Crippen LogP contribution in [0.5, 0.6) is 0 Å². The molecule has 5 nitrogen and oxygen atoms in total. The standard InChI is InChI=1S/C12H21NO4/c1-6-8(2)9-10(14)16-7-13(9)11(15)17-12(3,4)5/h8-9H,6-7H2,1-5H3/t8-,9-/m0/s1. The summed E-state index contributed by atoms with van der Waals surface area (Å²) >= 11 is 0. The highest BCUT2D eigenvalue weighted by Gasteiger charge is 2.42. The van der Waals surface area contributed by atoms with E-state index >= 15 is 0 Å². The third-order valence-corrected chi connectivity index (χ3v) is 2.73. The summed E-state index contributed by atoms with van der Waals surface area (Å²) < 4.78 is 10.2. The molecule has 0 bridgehead atoms. The third kappa shape index (κ3) is 3.35. The van der Waals surface area contributed by atoms with Gasteiger partial charge in [0, 0.05) is 0 Å². The van der Waals surface area contributed by atoms with Crippen LogP contribution >= 0.6 is 0 Å². The first kappa shape index (κ1) is 13.8. The highest BCUT2D eigenvalue weighted by molar-refractivity contribution is 5.84. The first-order valence-corrected chi connectivity index (χ1v) is 5.92. The molecular formula is C12H21NO4.